The van der Waals surface area contributed by atoms with Crippen molar-refractivity contribution in [2.24, 2.45) is 5.41 Å². The number of rotatable bonds is 7. The summed E-state index contributed by atoms with van der Waals surface area (Å²) in [5.41, 5.74) is 3.28. The maximum Gasteiger partial charge on any atom is 0.225 e. The average molecular weight is 422 g/mol. The lowest BCUT2D eigenvalue weighted by Crippen LogP contribution is -2.44. The summed E-state index contributed by atoms with van der Waals surface area (Å²) in [5.74, 6) is 0.636. The number of likely N-dealkylation sites (tertiary alicyclic amines) is 1. The molecule has 1 N–H and O–H groups in total. The second kappa shape index (κ2) is 10.4. The number of aromatic nitrogens is 1. The summed E-state index contributed by atoms with van der Waals surface area (Å²) >= 11 is 0. The van der Waals surface area contributed by atoms with E-state index in [2.05, 4.69) is 53.3 Å². The van der Waals surface area contributed by atoms with Crippen LogP contribution in [-0.4, -0.2) is 28.4 Å². The summed E-state index contributed by atoms with van der Waals surface area (Å²) in [7, 11) is 0. The van der Waals surface area contributed by atoms with Crippen molar-refractivity contribution in [3.05, 3.63) is 65.5 Å². The number of nitrogens with zero attached hydrogens (tertiary/aromatic N) is 2. The van der Waals surface area contributed by atoms with Gasteiger partial charge >= 0.3 is 0 Å². The predicted octanol–water partition coefficient (Wildman–Crippen LogP) is 5.85. The van der Waals surface area contributed by atoms with E-state index < -0.39 is 5.41 Å². The molecule has 31 heavy (non-hydrogen) atoms. The smallest absolute Gasteiger partial charge is 0.225 e. The van der Waals surface area contributed by atoms with Crippen LogP contribution in [0.2, 0.25) is 0 Å². The minimum Gasteiger partial charge on any atom is -0.347 e. The van der Waals surface area contributed by atoms with Crippen LogP contribution in [0.3, 0.4) is 0 Å². The number of carbonyl (C=O) groups excluding carboxylic acids is 1. The van der Waals surface area contributed by atoms with Crippen molar-refractivity contribution in [2.45, 2.75) is 84.8 Å². The normalized spacial score (nSPS) is 18.7. The van der Waals surface area contributed by atoms with Crippen LogP contribution in [-0.2, 0) is 11.3 Å². The van der Waals surface area contributed by atoms with E-state index in [0.29, 0.717) is 12.0 Å². The van der Waals surface area contributed by atoms with E-state index in [0.717, 1.165) is 25.2 Å². The third-order valence-corrected chi connectivity index (χ3v) is 6.32. The van der Waals surface area contributed by atoms with E-state index in [1.54, 1.807) is 0 Å². The zero-order valence-electron chi connectivity index (χ0n) is 19.9. The van der Waals surface area contributed by atoms with Gasteiger partial charge in [-0.1, -0.05) is 71.4 Å². The van der Waals surface area contributed by atoms with E-state index in [-0.39, 0.29) is 11.9 Å². The summed E-state index contributed by atoms with van der Waals surface area (Å²) in [6.45, 7) is 12.4. The van der Waals surface area contributed by atoms with Gasteiger partial charge in [0, 0.05) is 24.2 Å². The summed E-state index contributed by atoms with van der Waals surface area (Å²) in [4.78, 5) is 20.0. The van der Waals surface area contributed by atoms with Crippen LogP contribution in [0.25, 0.3) is 0 Å². The molecule has 0 aliphatic carbocycles. The number of benzene rings is 1. The highest BCUT2D eigenvalue weighted by atomic mass is 16.2. The third-order valence-electron chi connectivity index (χ3n) is 6.32. The van der Waals surface area contributed by atoms with Crippen molar-refractivity contribution < 1.29 is 4.79 Å². The molecular weight excluding hydrogens is 382 g/mol. The summed E-state index contributed by atoms with van der Waals surface area (Å²) in [6.07, 6.45) is 6.36. The van der Waals surface area contributed by atoms with Crippen molar-refractivity contribution >= 4 is 5.91 Å². The molecule has 1 fully saturated rings. The first-order valence-corrected chi connectivity index (χ1v) is 11.8. The third kappa shape index (κ3) is 6.64. The Balaban J connectivity index is 1.75. The van der Waals surface area contributed by atoms with Crippen LogP contribution >= 0.6 is 0 Å². The topological polar surface area (TPSA) is 45.2 Å². The minimum atomic E-state index is -0.419. The Bertz CT molecular complexity index is 824. The molecule has 1 amide bonds. The SMILES string of the molecule is CC(C)c1ccc(CN2CCCC[C@H]2C[C@H](NC(=O)C(C)(C)C)c2ccccn2)cc1. The fourth-order valence-corrected chi connectivity index (χ4v) is 4.26. The summed E-state index contributed by atoms with van der Waals surface area (Å²) < 4.78 is 0. The zero-order chi connectivity index (χ0) is 22.4. The molecule has 0 spiro atoms. The molecule has 0 unspecified atom stereocenters. The second-order valence-corrected chi connectivity index (χ2v) is 10.3. The van der Waals surface area contributed by atoms with Gasteiger partial charge in [-0.3, -0.25) is 14.7 Å². The van der Waals surface area contributed by atoms with E-state index >= 15 is 0 Å². The number of amides is 1. The molecule has 168 valence electrons. The highest BCUT2D eigenvalue weighted by Gasteiger charge is 2.30. The van der Waals surface area contributed by atoms with Crippen LogP contribution in [0.15, 0.2) is 48.7 Å². The van der Waals surface area contributed by atoms with Crippen molar-refractivity contribution in [3.63, 3.8) is 0 Å². The lowest BCUT2D eigenvalue weighted by atomic mass is 9.91. The molecule has 0 radical (unpaired) electrons. The van der Waals surface area contributed by atoms with Gasteiger partial charge in [0.05, 0.1) is 11.7 Å². The van der Waals surface area contributed by atoms with Crippen LogP contribution in [0.5, 0.6) is 0 Å². The molecule has 1 aromatic carbocycles. The summed E-state index contributed by atoms with van der Waals surface area (Å²) in [5, 5.41) is 3.30. The lowest BCUT2D eigenvalue weighted by molar-refractivity contribution is -0.129. The van der Waals surface area contributed by atoms with Crippen LogP contribution in [0.1, 0.15) is 89.1 Å². The van der Waals surface area contributed by atoms with Crippen molar-refractivity contribution in [2.75, 3.05) is 6.54 Å². The van der Waals surface area contributed by atoms with Crippen molar-refractivity contribution in [3.8, 4) is 0 Å². The van der Waals surface area contributed by atoms with Gasteiger partial charge < -0.3 is 5.32 Å². The minimum absolute atomic E-state index is 0.0677. The fourth-order valence-electron chi connectivity index (χ4n) is 4.26. The Morgan fingerprint density at radius 2 is 1.87 bits per heavy atom. The van der Waals surface area contributed by atoms with Gasteiger partial charge in [-0.15, -0.1) is 0 Å². The number of hydrogen-bond donors (Lipinski definition) is 1. The predicted molar refractivity (Wildman–Crippen MR) is 128 cm³/mol. The Kier molecular flexibility index (Phi) is 7.88. The van der Waals surface area contributed by atoms with Crippen LogP contribution in [0, 0.1) is 5.41 Å². The van der Waals surface area contributed by atoms with Crippen LogP contribution in [0.4, 0.5) is 0 Å². The molecule has 0 saturated carbocycles. The summed E-state index contributed by atoms with van der Waals surface area (Å²) in [6, 6.07) is 15.4. The maximum absolute atomic E-state index is 12.8. The Labute approximate surface area is 188 Å². The highest BCUT2D eigenvalue weighted by Crippen LogP contribution is 2.29. The molecule has 4 nitrogen and oxygen atoms in total. The quantitative estimate of drug-likeness (QED) is 0.610. The number of piperidine rings is 1. The molecule has 0 bridgehead atoms. The molecule has 1 saturated heterocycles. The first-order valence-electron chi connectivity index (χ1n) is 11.8. The Hall–Kier alpha value is -2.20. The molecular formula is C27H39N3O. The van der Waals surface area contributed by atoms with Gasteiger partial charge in [0.2, 0.25) is 5.91 Å². The van der Waals surface area contributed by atoms with E-state index in [1.807, 2.05) is 45.2 Å². The first kappa shape index (κ1) is 23.5. The van der Waals surface area contributed by atoms with Gasteiger partial charge in [0.25, 0.3) is 0 Å². The largest absolute Gasteiger partial charge is 0.347 e. The second-order valence-electron chi connectivity index (χ2n) is 10.3. The van der Waals surface area contributed by atoms with Gasteiger partial charge in [0.1, 0.15) is 0 Å². The highest BCUT2D eigenvalue weighted by molar-refractivity contribution is 5.81. The number of nitrogens with one attached hydrogen (secondary N) is 1. The average Bonchev–Trinajstić information content (AvgIpc) is 2.75. The Morgan fingerprint density at radius 1 is 1.13 bits per heavy atom. The van der Waals surface area contributed by atoms with Crippen molar-refractivity contribution in [1.82, 2.24) is 15.2 Å². The van der Waals surface area contributed by atoms with E-state index in [1.165, 1.54) is 30.4 Å². The van der Waals surface area contributed by atoms with Gasteiger partial charge in [-0.2, -0.15) is 0 Å². The molecule has 3 rings (SSSR count). The number of hydrogen-bond acceptors (Lipinski definition) is 3. The number of pyridine rings is 1. The van der Waals surface area contributed by atoms with Gasteiger partial charge in [-0.25, -0.2) is 0 Å². The first-order chi connectivity index (χ1) is 14.7. The Morgan fingerprint density at radius 3 is 2.48 bits per heavy atom. The van der Waals surface area contributed by atoms with Crippen molar-refractivity contribution in [1.29, 1.82) is 0 Å². The molecule has 2 aromatic rings. The number of carbonyl (C=O) groups is 1. The molecule has 4 heteroatoms. The molecule has 2 heterocycles. The van der Waals surface area contributed by atoms with E-state index in [9.17, 15) is 4.79 Å². The monoisotopic (exact) mass is 421 g/mol. The zero-order valence-corrected chi connectivity index (χ0v) is 19.9. The van der Waals surface area contributed by atoms with Gasteiger partial charge in [-0.05, 0) is 55.0 Å². The molecule has 2 atom stereocenters. The molecule has 1 aliphatic heterocycles. The van der Waals surface area contributed by atoms with Gasteiger partial charge in [0.15, 0.2) is 0 Å². The molecule has 1 aliphatic rings. The fraction of sp³-hybridized carbons (Fsp3) is 0.556. The standard InChI is InChI=1S/C27H39N3O/c1-20(2)22-14-12-21(13-15-22)19-30-17-9-7-10-23(30)18-25(24-11-6-8-16-28-24)29-26(31)27(3,4)5/h6,8,11-16,20,23,25H,7,9-10,17-19H2,1-5H3,(H,29,31)/t23-,25-/m0/s1. The van der Waals surface area contributed by atoms with Crippen LogP contribution < -0.4 is 5.32 Å². The maximum atomic E-state index is 12.8. The van der Waals surface area contributed by atoms with E-state index in [4.69, 9.17) is 0 Å². The molecule has 1 aromatic heterocycles. The lowest BCUT2D eigenvalue weighted by Gasteiger charge is -2.38.